The maximum absolute atomic E-state index is 9.87. The van der Waals surface area contributed by atoms with E-state index in [1.165, 1.54) is 0 Å². The Balaban J connectivity index is 1.90. The quantitative estimate of drug-likeness (QED) is 0.217. The number of aromatic nitrogens is 3. The van der Waals surface area contributed by atoms with Crippen molar-refractivity contribution < 1.29 is 5.11 Å². The first-order chi connectivity index (χ1) is 25.2. The van der Waals surface area contributed by atoms with E-state index in [1.807, 2.05) is 36.4 Å². The topological polar surface area (TPSA) is 58.9 Å². The van der Waals surface area contributed by atoms with E-state index < -0.39 is 5.60 Å². The molecule has 0 aliphatic heterocycles. The first kappa shape index (κ1) is 40.7. The molecule has 0 radical (unpaired) electrons. The van der Waals surface area contributed by atoms with E-state index in [-0.39, 0.29) is 0 Å². The monoisotopic (exact) mass is 683 g/mol. The number of terminal acetylenes is 1. The summed E-state index contributed by atoms with van der Waals surface area (Å²) < 4.78 is 0. The Hall–Kier alpha value is -5.75. The van der Waals surface area contributed by atoms with Crippen molar-refractivity contribution in [1.82, 2.24) is 15.0 Å². The van der Waals surface area contributed by atoms with Crippen LogP contribution in [-0.2, 0) is 0 Å². The lowest BCUT2D eigenvalue weighted by molar-refractivity contribution is 0.143. The van der Waals surface area contributed by atoms with Crippen LogP contribution < -0.4 is 0 Å². The smallest absolute Gasteiger partial charge is 0.120 e. The second kappa shape index (κ2) is 22.1. The van der Waals surface area contributed by atoms with Crippen LogP contribution in [0, 0.1) is 71.5 Å². The standard InChI is InChI=1S/C48H49N3O/c1-8-13-17-43(41(15-10-3)24-19-38-21-28-45(12-5)49-35-38)26-31-46-29-22-39(36-50-46)20-25-42(16-11-4)44(18-14-9-2)27-32-47-30-23-40(37-51-47)33-34-48(6,7)52/h5,21-23,28-30,35-37,52H,8-11,13-18H2,1-4,6-7H3/b43-41+,44-42+. The molecular weight excluding hydrogens is 635 g/mol. The van der Waals surface area contributed by atoms with Gasteiger partial charge in [-0.3, -0.25) is 0 Å². The van der Waals surface area contributed by atoms with Gasteiger partial charge in [-0.05, 0) is 101 Å². The van der Waals surface area contributed by atoms with Crippen LogP contribution in [0.4, 0.5) is 0 Å². The summed E-state index contributed by atoms with van der Waals surface area (Å²) in [5, 5.41) is 9.87. The third kappa shape index (κ3) is 15.0. The third-order valence-corrected chi connectivity index (χ3v) is 7.64. The summed E-state index contributed by atoms with van der Waals surface area (Å²) in [6.45, 7) is 12.0. The molecule has 0 amide bonds. The van der Waals surface area contributed by atoms with Gasteiger partial charge in [0.25, 0.3) is 0 Å². The van der Waals surface area contributed by atoms with Gasteiger partial charge in [-0.2, -0.15) is 0 Å². The van der Waals surface area contributed by atoms with E-state index in [1.54, 1.807) is 32.4 Å². The molecule has 0 bridgehead atoms. The molecule has 3 aromatic heterocycles. The molecule has 4 nitrogen and oxygen atoms in total. The largest absolute Gasteiger partial charge is 0.378 e. The molecule has 0 spiro atoms. The van der Waals surface area contributed by atoms with Gasteiger partial charge in [0.05, 0.1) is 0 Å². The molecule has 0 aromatic carbocycles. The van der Waals surface area contributed by atoms with Gasteiger partial charge < -0.3 is 5.11 Å². The molecule has 52 heavy (non-hydrogen) atoms. The highest BCUT2D eigenvalue weighted by atomic mass is 16.3. The fraction of sp³-hybridized carbons (Fsp3) is 0.354. The Kier molecular flexibility index (Phi) is 17.3. The van der Waals surface area contributed by atoms with Crippen molar-refractivity contribution in [3.05, 3.63) is 111 Å². The molecule has 0 saturated heterocycles. The zero-order valence-electron chi connectivity index (χ0n) is 31.6. The van der Waals surface area contributed by atoms with Gasteiger partial charge in [0.15, 0.2) is 0 Å². The van der Waals surface area contributed by atoms with E-state index in [0.717, 1.165) is 103 Å². The minimum atomic E-state index is -1.05. The molecule has 0 saturated carbocycles. The first-order valence-corrected chi connectivity index (χ1v) is 18.3. The summed E-state index contributed by atoms with van der Waals surface area (Å²) in [7, 11) is 0. The number of hydrogen-bond donors (Lipinski definition) is 1. The van der Waals surface area contributed by atoms with Crippen LogP contribution in [0.2, 0.25) is 0 Å². The van der Waals surface area contributed by atoms with Gasteiger partial charge in [0.1, 0.15) is 22.7 Å². The number of allylic oxidation sites excluding steroid dienone is 4. The Morgan fingerprint density at radius 3 is 1.27 bits per heavy atom. The Morgan fingerprint density at radius 2 is 0.923 bits per heavy atom. The van der Waals surface area contributed by atoms with Crippen LogP contribution in [0.25, 0.3) is 0 Å². The normalized spacial score (nSPS) is 11.2. The van der Waals surface area contributed by atoms with Crippen molar-refractivity contribution in [2.75, 3.05) is 0 Å². The van der Waals surface area contributed by atoms with Crippen molar-refractivity contribution in [3.63, 3.8) is 0 Å². The number of pyridine rings is 3. The molecule has 4 heteroatoms. The molecular formula is C48H49N3O. The predicted molar refractivity (Wildman–Crippen MR) is 214 cm³/mol. The van der Waals surface area contributed by atoms with Crippen molar-refractivity contribution in [1.29, 1.82) is 0 Å². The van der Waals surface area contributed by atoms with Crippen molar-refractivity contribution in [3.8, 4) is 71.5 Å². The minimum absolute atomic E-state index is 0.598. The van der Waals surface area contributed by atoms with Gasteiger partial charge in [0, 0.05) is 57.6 Å². The van der Waals surface area contributed by atoms with Crippen molar-refractivity contribution in [2.24, 2.45) is 0 Å². The zero-order valence-corrected chi connectivity index (χ0v) is 31.6. The van der Waals surface area contributed by atoms with Crippen LogP contribution in [0.3, 0.4) is 0 Å². The summed E-state index contributed by atoms with van der Waals surface area (Å²) in [5.41, 5.74) is 7.53. The molecule has 0 fully saturated rings. The molecule has 0 aliphatic carbocycles. The van der Waals surface area contributed by atoms with Gasteiger partial charge in [-0.15, -0.1) is 6.42 Å². The maximum Gasteiger partial charge on any atom is 0.120 e. The maximum atomic E-state index is 9.87. The molecule has 3 aromatic rings. The van der Waals surface area contributed by atoms with Gasteiger partial charge in [0.2, 0.25) is 0 Å². The van der Waals surface area contributed by atoms with Crippen LogP contribution in [-0.4, -0.2) is 25.7 Å². The molecule has 3 heterocycles. The summed E-state index contributed by atoms with van der Waals surface area (Å²) in [5.74, 6) is 35.0. The molecule has 0 unspecified atom stereocenters. The van der Waals surface area contributed by atoms with Crippen molar-refractivity contribution >= 4 is 0 Å². The number of rotatable bonds is 10. The Labute approximate surface area is 313 Å². The number of nitrogens with zero attached hydrogens (tertiary/aromatic N) is 3. The van der Waals surface area contributed by atoms with Crippen molar-refractivity contribution in [2.45, 2.75) is 111 Å². The zero-order chi connectivity index (χ0) is 37.6. The molecule has 0 atom stereocenters. The highest BCUT2D eigenvalue weighted by molar-refractivity contribution is 5.51. The number of hydrogen-bond acceptors (Lipinski definition) is 4. The number of aliphatic hydroxyl groups is 1. The fourth-order valence-corrected chi connectivity index (χ4v) is 4.80. The average molecular weight is 684 g/mol. The van der Waals surface area contributed by atoms with Gasteiger partial charge in [-0.25, -0.2) is 15.0 Å². The lowest BCUT2D eigenvalue weighted by Crippen LogP contribution is -2.14. The Morgan fingerprint density at radius 1 is 0.538 bits per heavy atom. The van der Waals surface area contributed by atoms with E-state index in [9.17, 15) is 5.11 Å². The highest BCUT2D eigenvalue weighted by Crippen LogP contribution is 2.18. The van der Waals surface area contributed by atoms with Gasteiger partial charge in [-0.1, -0.05) is 107 Å². The van der Waals surface area contributed by atoms with Crippen LogP contribution in [0.5, 0.6) is 0 Å². The fourth-order valence-electron chi connectivity index (χ4n) is 4.80. The summed E-state index contributed by atoms with van der Waals surface area (Å²) in [4.78, 5) is 13.4. The first-order valence-electron chi connectivity index (χ1n) is 18.3. The summed E-state index contributed by atoms with van der Waals surface area (Å²) in [6, 6.07) is 11.4. The lowest BCUT2D eigenvalue weighted by atomic mass is 9.98. The van der Waals surface area contributed by atoms with Gasteiger partial charge >= 0.3 is 0 Å². The molecule has 3 rings (SSSR count). The average Bonchev–Trinajstić information content (AvgIpc) is 3.15. The minimum Gasteiger partial charge on any atom is -0.378 e. The highest BCUT2D eigenvalue weighted by Gasteiger charge is 2.07. The van der Waals surface area contributed by atoms with E-state index in [0.29, 0.717) is 17.1 Å². The molecule has 0 aliphatic rings. The number of unbranched alkanes of at least 4 members (excludes halogenated alkanes) is 2. The van der Waals surface area contributed by atoms with E-state index >= 15 is 0 Å². The van der Waals surface area contributed by atoms with Crippen LogP contribution in [0.15, 0.2) is 77.3 Å². The SMILES string of the molecule is C#Cc1ccc(C#C/C(CCC)=C(/C#Cc2ccc(C#C/C(CCC)=C(/C#Cc3ccc(C#CC(C)(C)O)cn3)CCCC)cn2)CCCC)cn1. The van der Waals surface area contributed by atoms with E-state index in [2.05, 4.69) is 108 Å². The second-order valence-electron chi connectivity index (χ2n) is 12.9. The third-order valence-electron chi connectivity index (χ3n) is 7.64. The van der Waals surface area contributed by atoms with E-state index in [4.69, 9.17) is 6.42 Å². The summed E-state index contributed by atoms with van der Waals surface area (Å²) in [6.07, 6.45) is 20.2. The predicted octanol–water partition coefficient (Wildman–Crippen LogP) is 9.36. The Bertz CT molecular complexity index is 2060. The molecule has 262 valence electrons. The summed E-state index contributed by atoms with van der Waals surface area (Å²) >= 11 is 0. The molecule has 1 N–H and O–H groups in total. The van der Waals surface area contributed by atoms with Crippen LogP contribution >= 0.6 is 0 Å². The van der Waals surface area contributed by atoms with Crippen LogP contribution in [0.1, 0.15) is 140 Å². The lowest BCUT2D eigenvalue weighted by Gasteiger charge is -2.05. The second-order valence-corrected chi connectivity index (χ2v) is 12.9.